The summed E-state index contributed by atoms with van der Waals surface area (Å²) in [6.45, 7) is 4.68. The van der Waals surface area contributed by atoms with E-state index < -0.39 is 5.91 Å². The van der Waals surface area contributed by atoms with Crippen LogP contribution in [-0.4, -0.2) is 21.6 Å². The topological polar surface area (TPSA) is 98.4 Å². The van der Waals surface area contributed by atoms with Gasteiger partial charge in [-0.1, -0.05) is 24.3 Å². The number of nitrogens with one attached hydrogen (secondary N) is 2. The quantitative estimate of drug-likeness (QED) is 0.403. The molecule has 0 radical (unpaired) electrons. The molecule has 0 fully saturated rings. The Hall–Kier alpha value is -4.33. The number of furan rings is 1. The number of aromatic nitrogens is 2. The summed E-state index contributed by atoms with van der Waals surface area (Å²) in [6.07, 6.45) is 1.58. The molecule has 33 heavy (non-hydrogen) atoms. The molecule has 4 rings (SSSR count). The third-order valence-electron chi connectivity index (χ3n) is 4.98. The molecule has 8 nitrogen and oxygen atoms in total. The fraction of sp³-hybridized carbons (Fsp3) is 0.160. The van der Waals surface area contributed by atoms with Gasteiger partial charge in [-0.25, -0.2) is 0 Å². The number of ether oxygens (including phenoxy) is 1. The van der Waals surface area contributed by atoms with Crippen LogP contribution in [0.3, 0.4) is 0 Å². The zero-order valence-corrected chi connectivity index (χ0v) is 18.4. The summed E-state index contributed by atoms with van der Waals surface area (Å²) in [5.41, 5.74) is 2.56. The second-order valence-corrected chi connectivity index (χ2v) is 7.34. The van der Waals surface area contributed by atoms with Crippen LogP contribution < -0.4 is 15.4 Å². The molecule has 0 aliphatic heterocycles. The molecule has 4 aromatic rings. The third-order valence-corrected chi connectivity index (χ3v) is 4.98. The predicted octanol–water partition coefficient (Wildman–Crippen LogP) is 4.89. The van der Waals surface area contributed by atoms with Gasteiger partial charge in [0.2, 0.25) is 0 Å². The molecule has 2 aromatic carbocycles. The lowest BCUT2D eigenvalue weighted by molar-refractivity contribution is 0.0990. The molecule has 0 saturated heterocycles. The van der Waals surface area contributed by atoms with Crippen molar-refractivity contribution in [1.82, 2.24) is 9.78 Å². The van der Waals surface area contributed by atoms with Crippen LogP contribution in [0.4, 0.5) is 11.4 Å². The Morgan fingerprint density at radius 3 is 2.48 bits per heavy atom. The van der Waals surface area contributed by atoms with Crippen LogP contribution in [0, 0.1) is 6.92 Å². The molecule has 168 valence electrons. The van der Waals surface area contributed by atoms with Crippen LogP contribution in [-0.2, 0) is 13.2 Å². The van der Waals surface area contributed by atoms with Gasteiger partial charge < -0.3 is 19.8 Å². The third kappa shape index (κ3) is 5.30. The van der Waals surface area contributed by atoms with Crippen LogP contribution in [0.1, 0.15) is 39.3 Å². The average molecular weight is 444 g/mol. The number of carbonyl (C=O) groups is 2. The molecule has 0 aliphatic rings. The van der Waals surface area contributed by atoms with E-state index in [4.69, 9.17) is 9.15 Å². The van der Waals surface area contributed by atoms with Crippen LogP contribution in [0.2, 0.25) is 0 Å². The number of anilines is 2. The van der Waals surface area contributed by atoms with E-state index in [9.17, 15) is 9.59 Å². The number of aryl methyl sites for hydroxylation is 2. The van der Waals surface area contributed by atoms with Gasteiger partial charge in [0.05, 0.1) is 0 Å². The Morgan fingerprint density at radius 1 is 0.970 bits per heavy atom. The summed E-state index contributed by atoms with van der Waals surface area (Å²) in [6, 6.07) is 19.5. The number of carbonyl (C=O) groups excluding carboxylic acids is 2. The van der Waals surface area contributed by atoms with E-state index in [1.165, 1.54) is 0 Å². The first kappa shape index (κ1) is 21.9. The minimum Gasteiger partial charge on any atom is -0.485 e. The Balaban J connectivity index is 1.37. The van der Waals surface area contributed by atoms with Gasteiger partial charge in [0.1, 0.15) is 23.8 Å². The first-order chi connectivity index (χ1) is 16.0. The molecular weight excluding hydrogens is 420 g/mol. The number of nitrogens with zero attached hydrogens (tertiary/aromatic N) is 2. The van der Waals surface area contributed by atoms with Crippen LogP contribution in [0.15, 0.2) is 77.3 Å². The monoisotopic (exact) mass is 444 g/mol. The number of hydrogen-bond donors (Lipinski definition) is 2. The van der Waals surface area contributed by atoms with Crippen molar-refractivity contribution in [2.45, 2.75) is 27.0 Å². The maximum Gasteiger partial charge on any atom is 0.291 e. The van der Waals surface area contributed by atoms with Crippen molar-refractivity contribution in [2.75, 3.05) is 10.6 Å². The highest BCUT2D eigenvalue weighted by Gasteiger charge is 2.14. The number of benzene rings is 2. The summed E-state index contributed by atoms with van der Waals surface area (Å²) in [5.74, 6) is 0.796. The van der Waals surface area contributed by atoms with E-state index in [1.807, 2.05) is 38.1 Å². The molecule has 0 unspecified atom stereocenters. The fourth-order valence-corrected chi connectivity index (χ4v) is 3.28. The number of para-hydroxylation sites is 1. The van der Waals surface area contributed by atoms with Crippen molar-refractivity contribution in [3.63, 3.8) is 0 Å². The van der Waals surface area contributed by atoms with E-state index in [2.05, 4.69) is 15.7 Å². The first-order valence-corrected chi connectivity index (χ1v) is 10.5. The van der Waals surface area contributed by atoms with Gasteiger partial charge in [-0.05, 0) is 61.9 Å². The van der Waals surface area contributed by atoms with E-state index >= 15 is 0 Å². The van der Waals surface area contributed by atoms with Gasteiger partial charge in [-0.2, -0.15) is 5.10 Å². The Morgan fingerprint density at radius 2 is 1.73 bits per heavy atom. The van der Waals surface area contributed by atoms with Gasteiger partial charge in [-0.15, -0.1) is 0 Å². The SMILES string of the molecule is CCn1nccc1C(=O)Nc1cccc(NC(=O)c2ccc(COc3ccccc3C)o2)c1. The number of amides is 2. The Kier molecular flexibility index (Phi) is 6.54. The fourth-order valence-electron chi connectivity index (χ4n) is 3.28. The largest absolute Gasteiger partial charge is 0.485 e. The lowest BCUT2D eigenvalue weighted by atomic mass is 10.2. The minimum absolute atomic E-state index is 0.166. The Bertz CT molecular complexity index is 1270. The van der Waals surface area contributed by atoms with Crippen molar-refractivity contribution in [3.8, 4) is 5.75 Å². The normalized spacial score (nSPS) is 10.6. The van der Waals surface area contributed by atoms with E-state index in [1.54, 1.807) is 53.3 Å². The van der Waals surface area contributed by atoms with E-state index in [0.717, 1.165) is 11.3 Å². The summed E-state index contributed by atoms with van der Waals surface area (Å²) in [5, 5.41) is 9.71. The molecule has 8 heteroatoms. The number of rotatable bonds is 8. The maximum atomic E-state index is 12.6. The molecule has 2 N–H and O–H groups in total. The molecule has 2 amide bonds. The van der Waals surface area contributed by atoms with Crippen LogP contribution in [0.25, 0.3) is 0 Å². The highest BCUT2D eigenvalue weighted by atomic mass is 16.5. The van der Waals surface area contributed by atoms with Gasteiger partial charge in [0.25, 0.3) is 11.8 Å². The van der Waals surface area contributed by atoms with Crippen molar-refractivity contribution in [2.24, 2.45) is 0 Å². The molecule has 0 saturated carbocycles. The Labute approximate surface area is 191 Å². The standard InChI is InChI=1S/C25H24N4O4/c1-3-29-21(13-14-26-29)24(30)27-18-8-6-9-19(15-18)28-25(31)23-12-11-20(33-23)16-32-22-10-5-4-7-17(22)2/h4-15H,3,16H2,1-2H3,(H,27,30)(H,28,31). The van der Waals surface area contributed by atoms with Gasteiger partial charge in [-0.3, -0.25) is 14.3 Å². The molecule has 0 spiro atoms. The van der Waals surface area contributed by atoms with Crippen molar-refractivity contribution >= 4 is 23.2 Å². The van der Waals surface area contributed by atoms with Gasteiger partial charge in [0.15, 0.2) is 5.76 Å². The van der Waals surface area contributed by atoms with E-state index in [-0.39, 0.29) is 18.3 Å². The second-order valence-electron chi connectivity index (χ2n) is 7.34. The van der Waals surface area contributed by atoms with Gasteiger partial charge >= 0.3 is 0 Å². The molecular formula is C25H24N4O4. The zero-order valence-electron chi connectivity index (χ0n) is 18.4. The van der Waals surface area contributed by atoms with Crippen molar-refractivity contribution in [3.05, 3.63) is 95.7 Å². The summed E-state index contributed by atoms with van der Waals surface area (Å²) in [4.78, 5) is 25.1. The molecule has 2 heterocycles. The lowest BCUT2D eigenvalue weighted by Gasteiger charge is -2.09. The summed E-state index contributed by atoms with van der Waals surface area (Å²) in [7, 11) is 0. The van der Waals surface area contributed by atoms with E-state index in [0.29, 0.717) is 29.4 Å². The second kappa shape index (κ2) is 9.86. The van der Waals surface area contributed by atoms with Crippen molar-refractivity contribution < 1.29 is 18.7 Å². The number of hydrogen-bond acceptors (Lipinski definition) is 5. The minimum atomic E-state index is -0.398. The average Bonchev–Trinajstić information content (AvgIpc) is 3.48. The molecule has 0 atom stereocenters. The molecule has 0 aliphatic carbocycles. The van der Waals surface area contributed by atoms with Crippen LogP contribution >= 0.6 is 0 Å². The maximum absolute atomic E-state index is 12.6. The first-order valence-electron chi connectivity index (χ1n) is 10.5. The van der Waals surface area contributed by atoms with Gasteiger partial charge in [0, 0.05) is 24.1 Å². The highest BCUT2D eigenvalue weighted by molar-refractivity contribution is 6.05. The van der Waals surface area contributed by atoms with Crippen molar-refractivity contribution in [1.29, 1.82) is 0 Å². The molecule has 0 bridgehead atoms. The summed E-state index contributed by atoms with van der Waals surface area (Å²) >= 11 is 0. The zero-order chi connectivity index (χ0) is 23.2. The van der Waals surface area contributed by atoms with Crippen LogP contribution in [0.5, 0.6) is 5.75 Å². The molecule has 2 aromatic heterocycles. The predicted molar refractivity (Wildman–Crippen MR) is 124 cm³/mol. The lowest BCUT2D eigenvalue weighted by Crippen LogP contribution is -2.17. The smallest absolute Gasteiger partial charge is 0.291 e. The highest BCUT2D eigenvalue weighted by Crippen LogP contribution is 2.20. The summed E-state index contributed by atoms with van der Waals surface area (Å²) < 4.78 is 13.0.